The topological polar surface area (TPSA) is 15.6 Å². The number of amidine groups is 1. The lowest BCUT2D eigenvalue weighted by Crippen LogP contribution is -2.46. The third-order valence-electron chi connectivity index (χ3n) is 5.13. The molecule has 3 heterocycles. The van der Waals surface area contributed by atoms with Crippen LogP contribution in [0, 0.1) is 5.92 Å². The molecule has 2 aromatic rings. The zero-order chi connectivity index (χ0) is 15.6. The summed E-state index contributed by atoms with van der Waals surface area (Å²) in [6.07, 6.45) is 4.14. The van der Waals surface area contributed by atoms with Crippen molar-refractivity contribution < 1.29 is 0 Å². The Labute approximate surface area is 140 Å². The second kappa shape index (κ2) is 4.62. The van der Waals surface area contributed by atoms with Crippen LogP contribution in [0.25, 0.3) is 11.1 Å². The van der Waals surface area contributed by atoms with E-state index in [4.69, 9.17) is 4.40 Å². The quantitative estimate of drug-likeness (QED) is 0.573. The Morgan fingerprint density at radius 1 is 0.957 bits per heavy atom. The van der Waals surface area contributed by atoms with Gasteiger partial charge in [0.25, 0.3) is 0 Å². The molecule has 3 aliphatic rings. The van der Waals surface area contributed by atoms with Crippen molar-refractivity contribution >= 4 is 23.5 Å². The number of anilines is 1. The van der Waals surface area contributed by atoms with Gasteiger partial charge in [0.2, 0.25) is 0 Å². The van der Waals surface area contributed by atoms with E-state index < -0.39 is 0 Å². The van der Waals surface area contributed by atoms with Gasteiger partial charge in [0.05, 0.1) is 5.69 Å². The SMILES string of the molecule is C=CC1c2cccc3c2N2C(=NSC2C1C=C)c1ccccc1-3. The van der Waals surface area contributed by atoms with Crippen molar-refractivity contribution in [3.63, 3.8) is 0 Å². The van der Waals surface area contributed by atoms with E-state index in [1.165, 1.54) is 27.9 Å². The normalized spacial score (nSPS) is 26.2. The number of nitrogens with zero attached hydrogens (tertiary/aromatic N) is 2. The first-order valence-electron chi connectivity index (χ1n) is 7.86. The molecule has 0 radical (unpaired) electrons. The van der Waals surface area contributed by atoms with Crippen molar-refractivity contribution in [2.75, 3.05) is 4.90 Å². The monoisotopic (exact) mass is 316 g/mol. The molecule has 2 nitrogen and oxygen atoms in total. The van der Waals surface area contributed by atoms with E-state index in [0.29, 0.717) is 5.92 Å². The Bertz CT molecular complexity index is 883. The molecule has 3 unspecified atom stereocenters. The van der Waals surface area contributed by atoms with Gasteiger partial charge in [-0.15, -0.1) is 13.2 Å². The lowest BCUT2D eigenvalue weighted by molar-refractivity contribution is 0.542. The van der Waals surface area contributed by atoms with E-state index in [1.807, 2.05) is 0 Å². The Kier molecular flexibility index (Phi) is 2.65. The second-order valence-corrected chi connectivity index (χ2v) is 7.02. The Balaban J connectivity index is 1.89. The molecule has 112 valence electrons. The van der Waals surface area contributed by atoms with Gasteiger partial charge in [0, 0.05) is 34.9 Å². The molecule has 0 saturated carbocycles. The number of allylic oxidation sites excluding steroid dienone is 1. The van der Waals surface area contributed by atoms with E-state index in [1.54, 1.807) is 11.9 Å². The minimum Gasteiger partial charge on any atom is -0.309 e. The van der Waals surface area contributed by atoms with Crippen LogP contribution in [0.15, 0.2) is 72.2 Å². The van der Waals surface area contributed by atoms with Crippen molar-refractivity contribution in [2.45, 2.75) is 11.3 Å². The second-order valence-electron chi connectivity index (χ2n) is 6.14. The molecule has 0 fully saturated rings. The Hall–Kier alpha value is -2.26. The van der Waals surface area contributed by atoms with Gasteiger partial charge in [-0.05, 0) is 11.1 Å². The average Bonchev–Trinajstić information content (AvgIpc) is 3.05. The van der Waals surface area contributed by atoms with Gasteiger partial charge in [0.15, 0.2) is 0 Å². The molecule has 3 aliphatic heterocycles. The minimum atomic E-state index is 0.271. The summed E-state index contributed by atoms with van der Waals surface area (Å²) in [5.41, 5.74) is 6.46. The van der Waals surface area contributed by atoms with E-state index in [9.17, 15) is 0 Å². The molecule has 3 atom stereocenters. The molecule has 0 amide bonds. The minimum absolute atomic E-state index is 0.271. The van der Waals surface area contributed by atoms with Gasteiger partial charge in [-0.1, -0.05) is 54.6 Å². The molecule has 0 bridgehead atoms. The van der Waals surface area contributed by atoms with Crippen LogP contribution in [0.4, 0.5) is 5.69 Å². The number of rotatable bonds is 2. The predicted octanol–water partition coefficient (Wildman–Crippen LogP) is 4.99. The predicted molar refractivity (Wildman–Crippen MR) is 98.9 cm³/mol. The zero-order valence-corrected chi connectivity index (χ0v) is 13.5. The molecule has 0 spiro atoms. The fourth-order valence-electron chi connectivity index (χ4n) is 4.13. The first kappa shape index (κ1) is 13.2. The fourth-order valence-corrected chi connectivity index (χ4v) is 5.25. The number of para-hydroxylation sites is 1. The van der Waals surface area contributed by atoms with Crippen molar-refractivity contribution in [2.24, 2.45) is 10.3 Å². The standard InChI is InChI=1S/C20H16N2S/c1-3-12-13(4-2)20-22-18-15(12)10-7-11-16(18)14-8-5-6-9-17(14)19(22)21-23-20/h3-13,20H,1-2H2. The van der Waals surface area contributed by atoms with Gasteiger partial charge < -0.3 is 4.90 Å². The number of hydrogen-bond donors (Lipinski definition) is 0. The highest BCUT2D eigenvalue weighted by Crippen LogP contribution is 2.55. The number of fused-ring (bicyclic) bond motifs is 3. The first-order valence-corrected chi connectivity index (χ1v) is 8.69. The molecule has 5 rings (SSSR count). The van der Waals surface area contributed by atoms with E-state index in [2.05, 4.69) is 72.7 Å². The zero-order valence-electron chi connectivity index (χ0n) is 12.6. The van der Waals surface area contributed by atoms with Crippen LogP contribution in [0.1, 0.15) is 17.0 Å². The largest absolute Gasteiger partial charge is 0.309 e. The summed E-state index contributed by atoms with van der Waals surface area (Å²) >= 11 is 1.67. The summed E-state index contributed by atoms with van der Waals surface area (Å²) in [4.78, 5) is 2.42. The lowest BCUT2D eigenvalue weighted by atomic mass is 9.77. The highest BCUT2D eigenvalue weighted by atomic mass is 32.2. The third-order valence-corrected chi connectivity index (χ3v) is 6.14. The van der Waals surface area contributed by atoms with Gasteiger partial charge in [-0.3, -0.25) is 0 Å². The lowest BCUT2D eigenvalue weighted by Gasteiger charge is -2.44. The van der Waals surface area contributed by atoms with Crippen LogP contribution in [-0.4, -0.2) is 11.2 Å². The molecule has 3 heteroatoms. The highest BCUT2D eigenvalue weighted by molar-refractivity contribution is 7.99. The summed E-state index contributed by atoms with van der Waals surface area (Å²) in [7, 11) is 0. The summed E-state index contributed by atoms with van der Waals surface area (Å²) < 4.78 is 4.83. The van der Waals surface area contributed by atoms with Gasteiger partial charge in [0.1, 0.15) is 11.2 Å². The van der Waals surface area contributed by atoms with Crippen LogP contribution in [0.5, 0.6) is 0 Å². The maximum atomic E-state index is 4.83. The maximum Gasteiger partial charge on any atom is 0.150 e. The van der Waals surface area contributed by atoms with Gasteiger partial charge in [-0.2, -0.15) is 4.40 Å². The number of hydrogen-bond acceptors (Lipinski definition) is 3. The third kappa shape index (κ3) is 1.53. The van der Waals surface area contributed by atoms with E-state index >= 15 is 0 Å². The summed E-state index contributed by atoms with van der Waals surface area (Å²) in [6.45, 7) is 8.18. The van der Waals surface area contributed by atoms with Crippen molar-refractivity contribution in [3.05, 3.63) is 78.9 Å². The first-order chi connectivity index (χ1) is 11.3. The van der Waals surface area contributed by atoms with Crippen LogP contribution >= 0.6 is 11.9 Å². The maximum absolute atomic E-state index is 4.83. The molecular formula is C20H16N2S. The van der Waals surface area contributed by atoms with E-state index in [-0.39, 0.29) is 11.3 Å². The van der Waals surface area contributed by atoms with Crippen LogP contribution in [0.3, 0.4) is 0 Å². The molecule has 0 N–H and O–H groups in total. The van der Waals surface area contributed by atoms with Crippen molar-refractivity contribution in [3.8, 4) is 11.1 Å². The molecule has 0 aliphatic carbocycles. The smallest absolute Gasteiger partial charge is 0.150 e. The summed E-state index contributed by atoms with van der Waals surface area (Å²) in [5, 5.41) is 0.271. The average molecular weight is 316 g/mol. The highest BCUT2D eigenvalue weighted by Gasteiger charge is 2.47. The molecule has 2 aromatic carbocycles. The fraction of sp³-hybridized carbons (Fsp3) is 0.150. The summed E-state index contributed by atoms with van der Waals surface area (Å²) in [6, 6.07) is 15.2. The van der Waals surface area contributed by atoms with Crippen molar-refractivity contribution in [1.29, 1.82) is 0 Å². The van der Waals surface area contributed by atoms with Crippen LogP contribution < -0.4 is 4.90 Å². The van der Waals surface area contributed by atoms with Gasteiger partial charge >= 0.3 is 0 Å². The molecular weight excluding hydrogens is 300 g/mol. The summed E-state index contributed by atoms with van der Waals surface area (Å²) in [5.74, 6) is 1.69. The van der Waals surface area contributed by atoms with E-state index in [0.717, 1.165) is 5.84 Å². The molecule has 0 saturated heterocycles. The Morgan fingerprint density at radius 2 is 1.74 bits per heavy atom. The molecule has 0 aromatic heterocycles. The van der Waals surface area contributed by atoms with Crippen LogP contribution in [-0.2, 0) is 0 Å². The van der Waals surface area contributed by atoms with Crippen molar-refractivity contribution in [1.82, 2.24) is 0 Å². The Morgan fingerprint density at radius 3 is 2.52 bits per heavy atom. The van der Waals surface area contributed by atoms with Crippen LogP contribution in [0.2, 0.25) is 0 Å². The van der Waals surface area contributed by atoms with Gasteiger partial charge in [-0.25, -0.2) is 0 Å². The molecule has 23 heavy (non-hydrogen) atoms. The number of benzene rings is 2.